The van der Waals surface area contributed by atoms with Crippen LogP contribution in [0.5, 0.6) is 5.75 Å². The lowest BCUT2D eigenvalue weighted by Crippen LogP contribution is -2.02. The molecule has 0 saturated heterocycles. The number of ether oxygens (including phenoxy) is 1. The second kappa shape index (κ2) is 7.70. The van der Waals surface area contributed by atoms with Gasteiger partial charge in [0.25, 0.3) is 0 Å². The molecule has 0 saturated carbocycles. The zero-order chi connectivity index (χ0) is 18.5. The van der Waals surface area contributed by atoms with E-state index in [9.17, 15) is 0 Å². The minimum Gasteiger partial charge on any atom is -0.497 e. The number of aromatic nitrogens is 3. The van der Waals surface area contributed by atoms with E-state index in [1.807, 2.05) is 60.8 Å². The van der Waals surface area contributed by atoms with Gasteiger partial charge >= 0.3 is 6.01 Å². The molecule has 0 atom stereocenters. The Bertz CT molecular complexity index is 1030. The third-order valence-electron chi connectivity index (χ3n) is 4.12. The highest BCUT2D eigenvalue weighted by molar-refractivity contribution is 5.79. The molecule has 0 fully saturated rings. The lowest BCUT2D eigenvalue weighted by molar-refractivity contribution is 0.415. The molecule has 0 aliphatic carbocycles. The third kappa shape index (κ3) is 3.95. The van der Waals surface area contributed by atoms with Crippen molar-refractivity contribution >= 4 is 12.2 Å². The summed E-state index contributed by atoms with van der Waals surface area (Å²) in [5.41, 5.74) is 3.00. The van der Waals surface area contributed by atoms with Gasteiger partial charge < -0.3 is 13.7 Å². The SMILES string of the molecule is COc1ccc(-c2nnc(/N=C/c3cccn3Cc3ccccc3)o2)cc1. The molecular formula is C21H18N4O2. The Morgan fingerprint density at radius 3 is 2.59 bits per heavy atom. The smallest absolute Gasteiger partial charge is 0.342 e. The number of aliphatic imine (C=N–C) groups is 1. The van der Waals surface area contributed by atoms with Crippen LogP contribution in [-0.4, -0.2) is 28.1 Å². The van der Waals surface area contributed by atoms with Gasteiger partial charge in [0.1, 0.15) is 5.75 Å². The molecule has 134 valence electrons. The Balaban J connectivity index is 1.49. The number of hydrogen-bond acceptors (Lipinski definition) is 5. The lowest BCUT2D eigenvalue weighted by Gasteiger charge is -2.05. The quantitative estimate of drug-likeness (QED) is 0.481. The molecule has 0 unspecified atom stereocenters. The second-order valence-corrected chi connectivity index (χ2v) is 5.92. The first kappa shape index (κ1) is 16.8. The van der Waals surface area contributed by atoms with Crippen LogP contribution in [0.25, 0.3) is 11.5 Å². The van der Waals surface area contributed by atoms with Crippen molar-refractivity contribution < 1.29 is 9.15 Å². The van der Waals surface area contributed by atoms with Gasteiger partial charge in [-0.1, -0.05) is 35.4 Å². The zero-order valence-corrected chi connectivity index (χ0v) is 14.8. The predicted octanol–water partition coefficient (Wildman–Crippen LogP) is 4.35. The van der Waals surface area contributed by atoms with Crippen molar-refractivity contribution in [2.75, 3.05) is 7.11 Å². The Morgan fingerprint density at radius 1 is 1.00 bits per heavy atom. The predicted molar refractivity (Wildman–Crippen MR) is 104 cm³/mol. The summed E-state index contributed by atoms with van der Waals surface area (Å²) < 4.78 is 12.9. The number of hydrogen-bond donors (Lipinski definition) is 0. The zero-order valence-electron chi connectivity index (χ0n) is 14.8. The minimum absolute atomic E-state index is 0.216. The van der Waals surface area contributed by atoms with Gasteiger partial charge in [-0.3, -0.25) is 0 Å². The van der Waals surface area contributed by atoms with Crippen LogP contribution in [0.4, 0.5) is 6.01 Å². The number of rotatable bonds is 6. The highest BCUT2D eigenvalue weighted by Gasteiger charge is 2.08. The average Bonchev–Trinajstić information content (AvgIpc) is 3.37. The van der Waals surface area contributed by atoms with Crippen LogP contribution in [0.2, 0.25) is 0 Å². The van der Waals surface area contributed by atoms with Gasteiger partial charge in [-0.15, -0.1) is 5.10 Å². The summed E-state index contributed by atoms with van der Waals surface area (Å²) in [5, 5.41) is 8.05. The number of benzene rings is 2. The van der Waals surface area contributed by atoms with E-state index in [2.05, 4.69) is 31.9 Å². The molecule has 2 aromatic heterocycles. The van der Waals surface area contributed by atoms with Gasteiger partial charge in [-0.25, -0.2) is 0 Å². The van der Waals surface area contributed by atoms with Crippen molar-refractivity contribution in [2.45, 2.75) is 6.54 Å². The molecule has 0 aliphatic rings. The van der Waals surface area contributed by atoms with Crippen molar-refractivity contribution in [1.29, 1.82) is 0 Å². The van der Waals surface area contributed by atoms with Crippen molar-refractivity contribution in [1.82, 2.24) is 14.8 Å². The summed E-state index contributed by atoms with van der Waals surface area (Å²) >= 11 is 0. The average molecular weight is 358 g/mol. The van der Waals surface area contributed by atoms with E-state index in [1.54, 1.807) is 13.3 Å². The molecule has 2 heterocycles. The summed E-state index contributed by atoms with van der Waals surface area (Å²) in [7, 11) is 1.63. The summed E-state index contributed by atoms with van der Waals surface area (Å²) in [6, 6.07) is 21.9. The molecule has 0 spiro atoms. The van der Waals surface area contributed by atoms with E-state index in [-0.39, 0.29) is 6.01 Å². The molecular weight excluding hydrogens is 340 g/mol. The van der Waals surface area contributed by atoms with Crippen LogP contribution >= 0.6 is 0 Å². The number of nitrogens with zero attached hydrogens (tertiary/aromatic N) is 4. The molecule has 0 amide bonds. The van der Waals surface area contributed by atoms with Gasteiger partial charge in [0.15, 0.2) is 0 Å². The van der Waals surface area contributed by atoms with Gasteiger partial charge in [-0.2, -0.15) is 4.99 Å². The Hall–Kier alpha value is -3.67. The molecule has 4 rings (SSSR count). The van der Waals surface area contributed by atoms with Crippen LogP contribution < -0.4 is 4.74 Å². The van der Waals surface area contributed by atoms with Crippen molar-refractivity contribution in [3.05, 3.63) is 84.2 Å². The fraction of sp³-hybridized carbons (Fsp3) is 0.0952. The van der Waals surface area contributed by atoms with E-state index in [4.69, 9.17) is 9.15 Å². The summed E-state index contributed by atoms with van der Waals surface area (Å²) in [6.07, 6.45) is 3.75. The number of methoxy groups -OCH3 is 1. The molecule has 4 aromatic rings. The van der Waals surface area contributed by atoms with Crippen LogP contribution in [0.3, 0.4) is 0 Å². The van der Waals surface area contributed by atoms with Gasteiger partial charge in [0, 0.05) is 18.3 Å². The summed E-state index contributed by atoms with van der Waals surface area (Å²) in [4.78, 5) is 4.32. The Labute approximate surface area is 156 Å². The third-order valence-corrected chi connectivity index (χ3v) is 4.12. The van der Waals surface area contributed by atoms with E-state index >= 15 is 0 Å². The maximum Gasteiger partial charge on any atom is 0.342 e. The second-order valence-electron chi connectivity index (χ2n) is 5.92. The molecule has 0 radical (unpaired) electrons. The monoisotopic (exact) mass is 358 g/mol. The van der Waals surface area contributed by atoms with E-state index in [0.717, 1.165) is 23.6 Å². The van der Waals surface area contributed by atoms with Crippen LogP contribution in [0.1, 0.15) is 11.3 Å². The maximum atomic E-state index is 5.63. The largest absolute Gasteiger partial charge is 0.497 e. The Kier molecular flexibility index (Phi) is 4.78. The lowest BCUT2D eigenvalue weighted by atomic mass is 10.2. The molecule has 2 aromatic carbocycles. The van der Waals surface area contributed by atoms with E-state index in [0.29, 0.717) is 5.89 Å². The topological polar surface area (TPSA) is 65.4 Å². The molecule has 0 bridgehead atoms. The normalized spacial score (nSPS) is 11.1. The molecule has 27 heavy (non-hydrogen) atoms. The fourth-order valence-electron chi connectivity index (χ4n) is 2.71. The first-order valence-corrected chi connectivity index (χ1v) is 8.53. The standard InChI is InChI=1S/C21H18N4O2/c1-26-19-11-9-17(10-12-19)20-23-24-21(27-20)22-14-18-8-5-13-25(18)15-16-6-3-2-4-7-16/h2-14H,15H2,1H3/b22-14+. The van der Waals surface area contributed by atoms with Gasteiger partial charge in [0.05, 0.1) is 19.0 Å². The van der Waals surface area contributed by atoms with Crippen molar-refractivity contribution in [3.8, 4) is 17.2 Å². The van der Waals surface area contributed by atoms with Crippen molar-refractivity contribution in [2.24, 2.45) is 4.99 Å². The van der Waals surface area contributed by atoms with Crippen LogP contribution in [-0.2, 0) is 6.54 Å². The van der Waals surface area contributed by atoms with Gasteiger partial charge in [0.2, 0.25) is 5.89 Å². The van der Waals surface area contributed by atoms with E-state index < -0.39 is 0 Å². The fourth-order valence-corrected chi connectivity index (χ4v) is 2.71. The van der Waals surface area contributed by atoms with Gasteiger partial charge in [-0.05, 0) is 42.0 Å². The Morgan fingerprint density at radius 2 is 1.81 bits per heavy atom. The molecule has 0 aliphatic heterocycles. The molecule has 6 nitrogen and oxygen atoms in total. The van der Waals surface area contributed by atoms with E-state index in [1.165, 1.54) is 5.56 Å². The van der Waals surface area contributed by atoms with Crippen LogP contribution in [0, 0.1) is 0 Å². The highest BCUT2D eigenvalue weighted by Crippen LogP contribution is 2.23. The maximum absolute atomic E-state index is 5.63. The van der Waals surface area contributed by atoms with Crippen molar-refractivity contribution in [3.63, 3.8) is 0 Å². The summed E-state index contributed by atoms with van der Waals surface area (Å²) in [6.45, 7) is 0.774. The first-order chi connectivity index (χ1) is 13.3. The van der Waals surface area contributed by atoms with Crippen LogP contribution in [0.15, 0.2) is 82.3 Å². The molecule has 0 N–H and O–H groups in total. The summed E-state index contributed by atoms with van der Waals surface area (Å²) in [5.74, 6) is 1.19. The molecule has 6 heteroatoms. The minimum atomic E-state index is 0.216. The highest BCUT2D eigenvalue weighted by atomic mass is 16.5. The first-order valence-electron chi connectivity index (χ1n) is 8.53.